The Bertz CT molecular complexity index is 1500. The Morgan fingerprint density at radius 3 is 2.14 bits per heavy atom. The maximum absolute atomic E-state index is 6.30. The number of benzene rings is 4. The lowest BCUT2D eigenvalue weighted by Gasteiger charge is -2.20. The molecular weight excluding hydrogens is 444 g/mol. The second-order valence-electron chi connectivity index (χ2n) is 10.6. The first kappa shape index (κ1) is 23.3. The Kier molecular flexibility index (Phi) is 5.98. The quantitative estimate of drug-likeness (QED) is 0.262. The van der Waals surface area contributed by atoms with Crippen molar-refractivity contribution in [1.29, 1.82) is 0 Å². The third-order valence-corrected chi connectivity index (χ3v) is 7.67. The molecule has 0 saturated carbocycles. The lowest BCUT2D eigenvalue weighted by atomic mass is 9.85. The molecule has 3 heteroatoms. The van der Waals surface area contributed by atoms with Crippen LogP contribution in [0, 0.1) is 0 Å². The Morgan fingerprint density at radius 1 is 0.743 bits per heavy atom. The molecule has 2 N–H and O–H groups in total. The van der Waals surface area contributed by atoms with Crippen LogP contribution in [0.1, 0.15) is 51.7 Å². The molecule has 0 fully saturated rings. The summed E-state index contributed by atoms with van der Waals surface area (Å²) < 4.78 is 1.19. The molecule has 0 bridgehead atoms. The molecule has 5 aromatic rings. The molecule has 1 aromatic heterocycles. The first-order valence-electron chi connectivity index (χ1n) is 12.2. The van der Waals surface area contributed by atoms with Crippen molar-refractivity contribution in [2.75, 3.05) is 5.73 Å². The van der Waals surface area contributed by atoms with Crippen LogP contribution in [0.3, 0.4) is 0 Å². The minimum absolute atomic E-state index is 0.0309. The Labute approximate surface area is 212 Å². The van der Waals surface area contributed by atoms with Crippen LogP contribution in [-0.2, 0) is 5.41 Å². The van der Waals surface area contributed by atoms with Gasteiger partial charge in [0.1, 0.15) is 5.01 Å². The molecule has 0 aliphatic heterocycles. The SMILES string of the molecule is CC(C)c1ccc(-c2cccc(-c3cc(C(C)(C)C)cc4sc(-c5ccccc5N)nc34)c2)cc1. The highest BCUT2D eigenvalue weighted by Gasteiger charge is 2.20. The normalized spacial score (nSPS) is 11.9. The summed E-state index contributed by atoms with van der Waals surface area (Å²) in [6, 6.07) is 30.4. The van der Waals surface area contributed by atoms with Gasteiger partial charge in [-0.2, -0.15) is 0 Å². The first-order valence-corrected chi connectivity index (χ1v) is 13.0. The van der Waals surface area contributed by atoms with Gasteiger partial charge in [-0.3, -0.25) is 0 Å². The van der Waals surface area contributed by atoms with E-state index in [-0.39, 0.29) is 5.41 Å². The van der Waals surface area contributed by atoms with Gasteiger partial charge in [-0.15, -0.1) is 11.3 Å². The zero-order valence-electron chi connectivity index (χ0n) is 21.1. The summed E-state index contributed by atoms with van der Waals surface area (Å²) in [5.41, 5.74) is 16.6. The van der Waals surface area contributed by atoms with Crippen LogP contribution in [0.4, 0.5) is 5.69 Å². The van der Waals surface area contributed by atoms with Gasteiger partial charge in [0.05, 0.1) is 10.2 Å². The van der Waals surface area contributed by atoms with Crippen LogP contribution in [0.2, 0.25) is 0 Å². The number of aromatic nitrogens is 1. The second-order valence-corrected chi connectivity index (χ2v) is 11.6. The smallest absolute Gasteiger partial charge is 0.126 e. The predicted octanol–water partition coefficient (Wildman–Crippen LogP) is 9.30. The van der Waals surface area contributed by atoms with Crippen LogP contribution in [0.25, 0.3) is 43.0 Å². The number of fused-ring (bicyclic) bond motifs is 1. The monoisotopic (exact) mass is 476 g/mol. The van der Waals surface area contributed by atoms with Crippen LogP contribution in [0.5, 0.6) is 0 Å². The van der Waals surface area contributed by atoms with E-state index in [0.29, 0.717) is 5.92 Å². The molecule has 0 amide bonds. The van der Waals surface area contributed by atoms with E-state index in [1.54, 1.807) is 11.3 Å². The molecule has 176 valence electrons. The summed E-state index contributed by atoms with van der Waals surface area (Å²) in [5, 5.41) is 0.964. The topological polar surface area (TPSA) is 38.9 Å². The van der Waals surface area contributed by atoms with Crippen molar-refractivity contribution in [3.05, 3.63) is 96.1 Å². The first-order chi connectivity index (χ1) is 16.7. The number of anilines is 1. The van der Waals surface area contributed by atoms with Crippen molar-refractivity contribution >= 4 is 27.2 Å². The van der Waals surface area contributed by atoms with E-state index in [1.165, 1.54) is 38.1 Å². The number of thiazole rings is 1. The van der Waals surface area contributed by atoms with Gasteiger partial charge in [0.2, 0.25) is 0 Å². The fraction of sp³-hybridized carbons (Fsp3) is 0.219. The largest absolute Gasteiger partial charge is 0.398 e. The lowest BCUT2D eigenvalue weighted by molar-refractivity contribution is 0.591. The summed E-state index contributed by atoms with van der Waals surface area (Å²) in [4.78, 5) is 5.12. The molecule has 0 unspecified atom stereocenters. The molecule has 0 radical (unpaired) electrons. The average molecular weight is 477 g/mol. The van der Waals surface area contributed by atoms with Crippen molar-refractivity contribution in [2.45, 2.75) is 46.0 Å². The number of para-hydroxylation sites is 1. The van der Waals surface area contributed by atoms with E-state index in [0.717, 1.165) is 21.8 Å². The summed E-state index contributed by atoms with van der Waals surface area (Å²) in [6.45, 7) is 11.3. The maximum atomic E-state index is 6.30. The van der Waals surface area contributed by atoms with E-state index in [1.807, 2.05) is 18.2 Å². The minimum Gasteiger partial charge on any atom is -0.398 e. The summed E-state index contributed by atoms with van der Waals surface area (Å²) in [5.74, 6) is 0.529. The van der Waals surface area contributed by atoms with Crippen LogP contribution >= 0.6 is 11.3 Å². The highest BCUT2D eigenvalue weighted by molar-refractivity contribution is 7.21. The maximum Gasteiger partial charge on any atom is 0.126 e. The van der Waals surface area contributed by atoms with Gasteiger partial charge in [0, 0.05) is 16.8 Å². The number of nitrogens with two attached hydrogens (primary N) is 1. The predicted molar refractivity (Wildman–Crippen MR) is 153 cm³/mol. The number of nitrogens with zero attached hydrogens (tertiary/aromatic N) is 1. The third-order valence-electron chi connectivity index (χ3n) is 6.64. The summed E-state index contributed by atoms with van der Waals surface area (Å²) in [7, 11) is 0. The summed E-state index contributed by atoms with van der Waals surface area (Å²) in [6.07, 6.45) is 0. The molecule has 0 atom stereocenters. The molecule has 0 aliphatic rings. The van der Waals surface area contributed by atoms with Crippen LogP contribution in [0.15, 0.2) is 84.9 Å². The standard InChI is InChI=1S/C32H32N2S/c1-20(2)21-13-15-22(16-14-21)23-9-8-10-24(17-23)27-18-25(32(3,4)5)19-29-30(27)34-31(35-29)26-11-6-7-12-28(26)33/h6-20H,33H2,1-5H3. The van der Waals surface area contributed by atoms with E-state index in [4.69, 9.17) is 10.7 Å². The van der Waals surface area contributed by atoms with Crippen LogP contribution in [-0.4, -0.2) is 4.98 Å². The van der Waals surface area contributed by atoms with Gasteiger partial charge in [0.25, 0.3) is 0 Å². The third kappa shape index (κ3) is 4.61. The molecule has 2 nitrogen and oxygen atoms in total. The van der Waals surface area contributed by atoms with Crippen molar-refractivity contribution < 1.29 is 0 Å². The molecule has 4 aromatic carbocycles. The molecular formula is C32H32N2S. The molecule has 0 spiro atoms. The highest BCUT2D eigenvalue weighted by Crippen LogP contribution is 2.41. The fourth-order valence-corrected chi connectivity index (χ4v) is 5.50. The van der Waals surface area contributed by atoms with Crippen molar-refractivity contribution in [1.82, 2.24) is 4.98 Å². The zero-order valence-corrected chi connectivity index (χ0v) is 21.9. The van der Waals surface area contributed by atoms with Gasteiger partial charge in [-0.25, -0.2) is 4.98 Å². The van der Waals surface area contributed by atoms with Crippen molar-refractivity contribution in [3.63, 3.8) is 0 Å². The number of rotatable bonds is 4. The van der Waals surface area contributed by atoms with Crippen LogP contribution < -0.4 is 5.73 Å². The van der Waals surface area contributed by atoms with Crippen molar-refractivity contribution in [2.24, 2.45) is 0 Å². The van der Waals surface area contributed by atoms with Gasteiger partial charge < -0.3 is 5.73 Å². The van der Waals surface area contributed by atoms with E-state index < -0.39 is 0 Å². The molecule has 1 heterocycles. The van der Waals surface area contributed by atoms with Gasteiger partial charge in [0.15, 0.2) is 0 Å². The minimum atomic E-state index is 0.0309. The number of hydrogen-bond acceptors (Lipinski definition) is 3. The van der Waals surface area contributed by atoms with Gasteiger partial charge in [-0.1, -0.05) is 89.2 Å². The highest BCUT2D eigenvalue weighted by atomic mass is 32.1. The average Bonchev–Trinajstić information content (AvgIpc) is 3.27. The Morgan fingerprint density at radius 2 is 1.46 bits per heavy atom. The number of nitrogen functional groups attached to an aromatic ring is 1. The van der Waals surface area contributed by atoms with E-state index in [9.17, 15) is 0 Å². The summed E-state index contributed by atoms with van der Waals surface area (Å²) >= 11 is 1.72. The molecule has 0 saturated heterocycles. The van der Waals surface area contributed by atoms with E-state index >= 15 is 0 Å². The lowest BCUT2D eigenvalue weighted by Crippen LogP contribution is -2.11. The number of hydrogen-bond donors (Lipinski definition) is 1. The van der Waals surface area contributed by atoms with Crippen molar-refractivity contribution in [3.8, 4) is 32.8 Å². The van der Waals surface area contributed by atoms with Gasteiger partial charge in [-0.05, 0) is 69.5 Å². The second kappa shape index (κ2) is 8.98. The van der Waals surface area contributed by atoms with Gasteiger partial charge >= 0.3 is 0 Å². The Hall–Kier alpha value is -3.43. The molecule has 0 aliphatic carbocycles. The fourth-order valence-electron chi connectivity index (χ4n) is 4.42. The van der Waals surface area contributed by atoms with E-state index in [2.05, 4.69) is 101 Å². The Balaban J connectivity index is 1.68. The molecule has 35 heavy (non-hydrogen) atoms. The molecule has 5 rings (SSSR count). The zero-order chi connectivity index (χ0) is 24.7.